The van der Waals surface area contributed by atoms with Crippen LogP contribution in [0.25, 0.3) is 0 Å². The van der Waals surface area contributed by atoms with Crippen molar-refractivity contribution in [1.82, 2.24) is 4.90 Å². The zero-order valence-electron chi connectivity index (χ0n) is 11.4. The predicted octanol–water partition coefficient (Wildman–Crippen LogP) is 2.73. The largest absolute Gasteiger partial charge is 0.493 e. The van der Waals surface area contributed by atoms with Gasteiger partial charge in [-0.25, -0.2) is 0 Å². The summed E-state index contributed by atoms with van der Waals surface area (Å²) in [6.07, 6.45) is 5.19. The van der Waals surface area contributed by atoms with Crippen LogP contribution in [0.5, 0.6) is 11.5 Å². The second-order valence-corrected chi connectivity index (χ2v) is 4.84. The molecule has 0 N–H and O–H groups in total. The second-order valence-electron chi connectivity index (χ2n) is 4.84. The molecule has 1 aromatic rings. The molecule has 3 heteroatoms. The van der Waals surface area contributed by atoms with Gasteiger partial charge in [0.05, 0.1) is 14.2 Å². The molecule has 1 fully saturated rings. The van der Waals surface area contributed by atoms with Crippen LogP contribution in [0, 0.1) is 0 Å². The number of nitrogens with zero attached hydrogens (tertiary/aromatic N) is 1. The molecule has 0 saturated carbocycles. The lowest BCUT2D eigenvalue weighted by Gasteiger charge is -2.26. The number of rotatable bonds is 5. The zero-order valence-corrected chi connectivity index (χ0v) is 11.4. The van der Waals surface area contributed by atoms with Crippen molar-refractivity contribution in [2.75, 3.05) is 33.9 Å². The highest BCUT2D eigenvalue weighted by molar-refractivity contribution is 5.42. The summed E-state index contributed by atoms with van der Waals surface area (Å²) in [4.78, 5) is 2.56. The van der Waals surface area contributed by atoms with Crippen molar-refractivity contribution < 1.29 is 9.47 Å². The van der Waals surface area contributed by atoms with E-state index < -0.39 is 0 Å². The molecule has 100 valence electrons. The van der Waals surface area contributed by atoms with Crippen LogP contribution in [0.15, 0.2) is 18.2 Å². The van der Waals surface area contributed by atoms with Crippen molar-refractivity contribution in [3.05, 3.63) is 23.8 Å². The fourth-order valence-corrected chi connectivity index (χ4v) is 2.51. The van der Waals surface area contributed by atoms with E-state index in [1.807, 2.05) is 6.07 Å². The first kappa shape index (κ1) is 13.2. The van der Waals surface area contributed by atoms with Crippen molar-refractivity contribution in [2.24, 2.45) is 0 Å². The Balaban J connectivity index is 1.92. The lowest BCUT2D eigenvalue weighted by atomic mass is 10.1. The molecular formula is C15H23NO2. The first-order chi connectivity index (χ1) is 8.83. The van der Waals surface area contributed by atoms with Crippen LogP contribution >= 0.6 is 0 Å². The number of hydrogen-bond acceptors (Lipinski definition) is 3. The normalized spacial score (nSPS) is 16.6. The van der Waals surface area contributed by atoms with Crippen LogP contribution in [0.2, 0.25) is 0 Å². The van der Waals surface area contributed by atoms with Crippen LogP contribution < -0.4 is 9.47 Å². The predicted molar refractivity (Wildman–Crippen MR) is 73.5 cm³/mol. The van der Waals surface area contributed by atoms with Crippen molar-refractivity contribution in [3.8, 4) is 11.5 Å². The molecule has 0 bridgehead atoms. The Morgan fingerprint density at radius 3 is 2.39 bits per heavy atom. The molecule has 0 radical (unpaired) electrons. The molecule has 18 heavy (non-hydrogen) atoms. The van der Waals surface area contributed by atoms with Crippen molar-refractivity contribution >= 4 is 0 Å². The quantitative estimate of drug-likeness (QED) is 0.801. The van der Waals surface area contributed by atoms with Gasteiger partial charge in [0.1, 0.15) is 0 Å². The summed E-state index contributed by atoms with van der Waals surface area (Å²) in [5.74, 6) is 1.63. The highest BCUT2D eigenvalue weighted by atomic mass is 16.5. The van der Waals surface area contributed by atoms with Crippen molar-refractivity contribution in [3.63, 3.8) is 0 Å². The number of methoxy groups -OCH3 is 2. The molecule has 0 amide bonds. The number of ether oxygens (including phenoxy) is 2. The molecule has 0 unspecified atom stereocenters. The van der Waals surface area contributed by atoms with Crippen LogP contribution in [-0.4, -0.2) is 38.8 Å². The summed E-state index contributed by atoms with van der Waals surface area (Å²) in [5, 5.41) is 0. The van der Waals surface area contributed by atoms with E-state index in [-0.39, 0.29) is 0 Å². The third-order valence-corrected chi connectivity index (χ3v) is 3.61. The molecule has 1 aliphatic heterocycles. The Hall–Kier alpha value is -1.22. The fraction of sp³-hybridized carbons (Fsp3) is 0.600. The van der Waals surface area contributed by atoms with Crippen LogP contribution in [0.1, 0.15) is 24.8 Å². The molecule has 0 atom stereocenters. The van der Waals surface area contributed by atoms with E-state index in [9.17, 15) is 0 Å². The fourth-order valence-electron chi connectivity index (χ4n) is 2.51. The summed E-state index contributed by atoms with van der Waals surface area (Å²) in [6, 6.07) is 6.21. The second kappa shape index (κ2) is 6.64. The third-order valence-electron chi connectivity index (χ3n) is 3.61. The van der Waals surface area contributed by atoms with Gasteiger partial charge >= 0.3 is 0 Å². The van der Waals surface area contributed by atoms with Gasteiger partial charge in [0.25, 0.3) is 0 Å². The third kappa shape index (κ3) is 3.39. The summed E-state index contributed by atoms with van der Waals surface area (Å²) in [7, 11) is 3.36. The van der Waals surface area contributed by atoms with E-state index in [0.717, 1.165) is 24.5 Å². The minimum absolute atomic E-state index is 0.805. The monoisotopic (exact) mass is 249 g/mol. The van der Waals surface area contributed by atoms with E-state index in [4.69, 9.17) is 9.47 Å². The molecule has 1 heterocycles. The van der Waals surface area contributed by atoms with E-state index in [0.29, 0.717) is 0 Å². The lowest BCUT2D eigenvalue weighted by molar-refractivity contribution is 0.231. The van der Waals surface area contributed by atoms with Gasteiger partial charge in [-0.3, -0.25) is 0 Å². The van der Waals surface area contributed by atoms with Gasteiger partial charge in [-0.2, -0.15) is 0 Å². The number of benzene rings is 1. The molecule has 0 spiro atoms. The van der Waals surface area contributed by atoms with Gasteiger partial charge in [-0.05, 0) is 50.0 Å². The Morgan fingerprint density at radius 1 is 1.00 bits per heavy atom. The Bertz CT molecular complexity index is 373. The zero-order chi connectivity index (χ0) is 12.8. The smallest absolute Gasteiger partial charge is 0.160 e. The van der Waals surface area contributed by atoms with Gasteiger partial charge in [0.15, 0.2) is 11.5 Å². The lowest BCUT2D eigenvalue weighted by Crippen LogP contribution is -2.31. The molecule has 2 rings (SSSR count). The van der Waals surface area contributed by atoms with Gasteiger partial charge in [-0.15, -0.1) is 0 Å². The average Bonchev–Trinajstić information content (AvgIpc) is 2.45. The number of likely N-dealkylation sites (tertiary alicyclic amines) is 1. The molecule has 1 saturated heterocycles. The Kier molecular flexibility index (Phi) is 4.88. The first-order valence-corrected chi connectivity index (χ1v) is 6.77. The van der Waals surface area contributed by atoms with Gasteiger partial charge < -0.3 is 14.4 Å². The minimum atomic E-state index is 0.805. The summed E-state index contributed by atoms with van der Waals surface area (Å²) < 4.78 is 10.6. The molecule has 1 aliphatic rings. The van der Waals surface area contributed by atoms with Crippen molar-refractivity contribution in [2.45, 2.75) is 25.7 Å². The van der Waals surface area contributed by atoms with Crippen LogP contribution in [0.3, 0.4) is 0 Å². The standard InChI is InChI=1S/C15H23NO2/c1-17-14-7-6-13(12-15(14)18-2)8-11-16-9-4-3-5-10-16/h6-7,12H,3-5,8-11H2,1-2H3. The first-order valence-electron chi connectivity index (χ1n) is 6.77. The topological polar surface area (TPSA) is 21.7 Å². The summed E-state index contributed by atoms with van der Waals surface area (Å²) >= 11 is 0. The maximum Gasteiger partial charge on any atom is 0.160 e. The highest BCUT2D eigenvalue weighted by Gasteiger charge is 2.10. The molecule has 0 aromatic heterocycles. The van der Waals surface area contributed by atoms with Crippen LogP contribution in [0.4, 0.5) is 0 Å². The summed E-state index contributed by atoms with van der Waals surface area (Å²) in [5.41, 5.74) is 1.32. The van der Waals surface area contributed by atoms with E-state index in [1.54, 1.807) is 14.2 Å². The molecule has 3 nitrogen and oxygen atoms in total. The van der Waals surface area contributed by atoms with Gasteiger partial charge in [0.2, 0.25) is 0 Å². The number of hydrogen-bond donors (Lipinski definition) is 0. The molecule has 1 aromatic carbocycles. The minimum Gasteiger partial charge on any atom is -0.493 e. The van der Waals surface area contributed by atoms with Gasteiger partial charge in [0, 0.05) is 6.54 Å². The van der Waals surface area contributed by atoms with E-state index in [2.05, 4.69) is 17.0 Å². The average molecular weight is 249 g/mol. The highest BCUT2D eigenvalue weighted by Crippen LogP contribution is 2.27. The Labute approximate surface area is 110 Å². The Morgan fingerprint density at radius 2 is 1.72 bits per heavy atom. The van der Waals surface area contributed by atoms with E-state index in [1.165, 1.54) is 37.9 Å². The molecule has 0 aliphatic carbocycles. The molecular weight excluding hydrogens is 226 g/mol. The maximum atomic E-state index is 5.33. The summed E-state index contributed by atoms with van der Waals surface area (Å²) in [6.45, 7) is 3.66. The van der Waals surface area contributed by atoms with Crippen molar-refractivity contribution in [1.29, 1.82) is 0 Å². The number of piperidine rings is 1. The van der Waals surface area contributed by atoms with Crippen LogP contribution in [-0.2, 0) is 6.42 Å². The SMILES string of the molecule is COc1ccc(CCN2CCCCC2)cc1OC. The van der Waals surface area contributed by atoms with Gasteiger partial charge in [-0.1, -0.05) is 12.5 Å². The maximum absolute atomic E-state index is 5.33. The van der Waals surface area contributed by atoms with E-state index >= 15 is 0 Å².